The Labute approximate surface area is 108 Å². The summed E-state index contributed by atoms with van der Waals surface area (Å²) < 4.78 is 1.63. The molecule has 0 saturated heterocycles. The quantitative estimate of drug-likeness (QED) is 0.620. The van der Waals surface area contributed by atoms with Crippen molar-refractivity contribution in [3.8, 4) is 0 Å². The molecule has 4 saturated carbocycles. The fourth-order valence-corrected chi connectivity index (χ4v) is 6.50. The van der Waals surface area contributed by atoms with Gasteiger partial charge in [-0.25, -0.2) is 0 Å². The molecule has 0 radical (unpaired) electrons. The third kappa shape index (κ3) is 1.94. The smallest absolute Gasteiger partial charge is 0.0189 e. The van der Waals surface area contributed by atoms with Crippen molar-refractivity contribution >= 4 is 23.5 Å². The zero-order valence-corrected chi connectivity index (χ0v) is 11.7. The van der Waals surface area contributed by atoms with Gasteiger partial charge in [-0.05, 0) is 63.2 Å². The Kier molecular flexibility index (Phi) is 2.39. The zero-order valence-electron chi connectivity index (χ0n) is 10.0. The van der Waals surface area contributed by atoms with Crippen LogP contribution in [-0.2, 0) is 0 Å². The van der Waals surface area contributed by atoms with Crippen LogP contribution >= 0.6 is 23.5 Å². The fraction of sp³-hybridized carbons (Fsp3) is 1.00. The van der Waals surface area contributed by atoms with Crippen LogP contribution in [0.15, 0.2) is 0 Å². The molecule has 0 N–H and O–H groups in total. The van der Waals surface area contributed by atoms with Crippen molar-refractivity contribution in [1.82, 2.24) is 0 Å². The van der Waals surface area contributed by atoms with Crippen LogP contribution in [0.3, 0.4) is 0 Å². The van der Waals surface area contributed by atoms with Crippen LogP contribution < -0.4 is 0 Å². The van der Waals surface area contributed by atoms with E-state index < -0.39 is 0 Å². The molecular weight excluding hydrogens is 232 g/mol. The van der Waals surface area contributed by atoms with Gasteiger partial charge in [-0.1, -0.05) is 0 Å². The lowest BCUT2D eigenvalue weighted by atomic mass is 10.3. The second-order valence-corrected chi connectivity index (χ2v) is 9.39. The first-order valence-electron chi connectivity index (χ1n) is 7.11. The van der Waals surface area contributed by atoms with Crippen molar-refractivity contribution in [2.24, 2.45) is 11.8 Å². The monoisotopic (exact) mass is 254 g/mol. The van der Waals surface area contributed by atoms with Gasteiger partial charge in [0.1, 0.15) is 0 Å². The molecule has 0 amide bonds. The van der Waals surface area contributed by atoms with Crippen LogP contribution in [0.25, 0.3) is 0 Å². The Balaban J connectivity index is 1.19. The first-order chi connectivity index (χ1) is 7.83. The molecule has 4 rings (SSSR count). The van der Waals surface area contributed by atoms with Gasteiger partial charge >= 0.3 is 0 Å². The van der Waals surface area contributed by atoms with Crippen molar-refractivity contribution in [3.63, 3.8) is 0 Å². The molecule has 0 aromatic rings. The summed E-state index contributed by atoms with van der Waals surface area (Å²) in [6, 6.07) is 0. The summed E-state index contributed by atoms with van der Waals surface area (Å²) in [6.07, 6.45) is 12.4. The maximum absolute atomic E-state index is 2.34. The van der Waals surface area contributed by atoms with E-state index in [4.69, 9.17) is 0 Å². The minimum atomic E-state index is 0.816. The number of rotatable bonds is 7. The Bertz CT molecular complexity index is 253. The summed E-state index contributed by atoms with van der Waals surface area (Å²) in [5.41, 5.74) is 0. The predicted molar refractivity (Wildman–Crippen MR) is 74.3 cm³/mol. The first-order valence-corrected chi connectivity index (χ1v) is 9.08. The Morgan fingerprint density at radius 3 is 1.31 bits per heavy atom. The standard InChI is InChI=1S/C14H22S2/c1-2-11(1)13(5-6-13)15-9-10-16-14(7-8-14)12-3-4-12/h11-12H,1-10H2. The lowest BCUT2D eigenvalue weighted by Gasteiger charge is -2.16. The largest absolute Gasteiger partial charge is 0.154 e. The van der Waals surface area contributed by atoms with Gasteiger partial charge in [0.25, 0.3) is 0 Å². The molecule has 0 bridgehead atoms. The van der Waals surface area contributed by atoms with Gasteiger partial charge in [-0.3, -0.25) is 0 Å². The summed E-state index contributed by atoms with van der Waals surface area (Å²) in [5.74, 6) is 5.16. The fourth-order valence-electron chi connectivity index (χ4n) is 3.30. The number of hydrogen-bond acceptors (Lipinski definition) is 2. The highest BCUT2D eigenvalue weighted by Gasteiger charge is 2.55. The normalized spacial score (nSPS) is 33.8. The van der Waals surface area contributed by atoms with Crippen LogP contribution in [0.5, 0.6) is 0 Å². The van der Waals surface area contributed by atoms with Crippen molar-refractivity contribution in [3.05, 3.63) is 0 Å². The molecule has 0 aromatic carbocycles. The highest BCUT2D eigenvalue weighted by Crippen LogP contribution is 2.64. The van der Waals surface area contributed by atoms with Gasteiger partial charge < -0.3 is 0 Å². The minimum absolute atomic E-state index is 0.816. The molecule has 4 aliphatic carbocycles. The maximum Gasteiger partial charge on any atom is 0.0189 e. The van der Waals surface area contributed by atoms with E-state index in [2.05, 4.69) is 23.5 Å². The molecule has 0 unspecified atom stereocenters. The molecule has 2 heteroatoms. The van der Waals surface area contributed by atoms with E-state index >= 15 is 0 Å². The van der Waals surface area contributed by atoms with Gasteiger partial charge in [-0.15, -0.1) is 0 Å². The first kappa shape index (κ1) is 10.6. The molecule has 4 aliphatic rings. The molecule has 4 fully saturated rings. The van der Waals surface area contributed by atoms with Crippen molar-refractivity contribution < 1.29 is 0 Å². The van der Waals surface area contributed by atoms with E-state index in [1.54, 1.807) is 51.4 Å². The molecule has 0 aliphatic heterocycles. The van der Waals surface area contributed by atoms with E-state index in [9.17, 15) is 0 Å². The van der Waals surface area contributed by atoms with E-state index in [0.717, 1.165) is 21.3 Å². The highest BCUT2D eigenvalue weighted by atomic mass is 32.2. The van der Waals surface area contributed by atoms with Crippen LogP contribution in [0.4, 0.5) is 0 Å². The second kappa shape index (κ2) is 3.60. The molecular formula is C14H22S2. The average Bonchev–Trinajstić information content (AvgIpc) is 3.12. The Morgan fingerprint density at radius 1 is 0.688 bits per heavy atom. The lowest BCUT2D eigenvalue weighted by Crippen LogP contribution is -2.10. The van der Waals surface area contributed by atoms with E-state index in [0.29, 0.717) is 0 Å². The predicted octanol–water partition coefficient (Wildman–Crippen LogP) is 4.34. The van der Waals surface area contributed by atoms with Gasteiger partial charge in [0.15, 0.2) is 0 Å². The lowest BCUT2D eigenvalue weighted by molar-refractivity contribution is 0.765. The zero-order chi connectivity index (χ0) is 10.6. The van der Waals surface area contributed by atoms with Gasteiger partial charge in [0.2, 0.25) is 0 Å². The number of hydrogen-bond donors (Lipinski definition) is 0. The van der Waals surface area contributed by atoms with E-state index in [1.165, 1.54) is 11.5 Å². The molecule has 0 atom stereocenters. The maximum atomic E-state index is 2.34. The summed E-state index contributed by atoms with van der Waals surface area (Å²) in [7, 11) is 0. The van der Waals surface area contributed by atoms with Crippen LogP contribution in [-0.4, -0.2) is 21.0 Å². The summed E-state index contributed by atoms with van der Waals surface area (Å²) in [6.45, 7) is 0. The summed E-state index contributed by atoms with van der Waals surface area (Å²) in [5, 5.41) is 0. The van der Waals surface area contributed by atoms with Crippen molar-refractivity contribution in [1.29, 1.82) is 0 Å². The highest BCUT2D eigenvalue weighted by molar-refractivity contribution is 8.04. The Hall–Kier alpha value is 0.700. The molecule has 0 nitrogen and oxygen atoms in total. The third-order valence-electron chi connectivity index (χ3n) is 4.99. The van der Waals surface area contributed by atoms with Crippen LogP contribution in [0, 0.1) is 11.8 Å². The summed E-state index contributed by atoms with van der Waals surface area (Å²) in [4.78, 5) is 0. The topological polar surface area (TPSA) is 0 Å². The summed E-state index contributed by atoms with van der Waals surface area (Å²) >= 11 is 4.68. The van der Waals surface area contributed by atoms with Crippen LogP contribution in [0.1, 0.15) is 51.4 Å². The molecule has 16 heavy (non-hydrogen) atoms. The van der Waals surface area contributed by atoms with Gasteiger partial charge in [0.05, 0.1) is 0 Å². The molecule has 0 spiro atoms. The molecule has 90 valence electrons. The second-order valence-electron chi connectivity index (χ2n) is 6.38. The molecule has 0 heterocycles. The average molecular weight is 254 g/mol. The number of thioether (sulfide) groups is 2. The Morgan fingerprint density at radius 2 is 1.06 bits per heavy atom. The van der Waals surface area contributed by atoms with E-state index in [1.807, 2.05) is 0 Å². The van der Waals surface area contributed by atoms with Gasteiger partial charge in [0, 0.05) is 21.0 Å². The minimum Gasteiger partial charge on any atom is -0.154 e. The third-order valence-corrected chi connectivity index (χ3v) is 8.70. The van der Waals surface area contributed by atoms with E-state index in [-0.39, 0.29) is 0 Å². The van der Waals surface area contributed by atoms with Gasteiger partial charge in [-0.2, -0.15) is 23.5 Å². The SMILES string of the molecule is C(CSC1(C2CC2)CC1)SC1(C2CC2)CC1. The van der Waals surface area contributed by atoms with Crippen molar-refractivity contribution in [2.45, 2.75) is 60.9 Å². The van der Waals surface area contributed by atoms with Crippen LogP contribution in [0.2, 0.25) is 0 Å². The molecule has 0 aromatic heterocycles. The van der Waals surface area contributed by atoms with Crippen molar-refractivity contribution in [2.75, 3.05) is 11.5 Å².